The lowest BCUT2D eigenvalue weighted by atomic mass is 9.95. The highest BCUT2D eigenvalue weighted by Crippen LogP contribution is 2.21. The molecular weight excluding hydrogens is 180 g/mol. The minimum atomic E-state index is 0.675. The highest BCUT2D eigenvalue weighted by atomic mass is 14.1. The Morgan fingerprint density at radius 1 is 1.20 bits per heavy atom. The number of hydrogen-bond acceptors (Lipinski definition) is 0. The topological polar surface area (TPSA) is 0 Å². The first-order valence-electron chi connectivity index (χ1n) is 5.80. The van der Waals surface area contributed by atoms with Gasteiger partial charge in [0, 0.05) is 5.56 Å². The van der Waals surface area contributed by atoms with Crippen LogP contribution in [-0.2, 0) is 0 Å². The molecule has 1 aromatic carbocycles. The van der Waals surface area contributed by atoms with Crippen LogP contribution >= 0.6 is 0 Å². The summed E-state index contributed by atoms with van der Waals surface area (Å²) in [6.45, 7) is 6.42. The second kappa shape index (κ2) is 6.30. The van der Waals surface area contributed by atoms with Gasteiger partial charge in [-0.1, -0.05) is 44.7 Å². The van der Waals surface area contributed by atoms with Gasteiger partial charge in [0.1, 0.15) is 0 Å². The van der Waals surface area contributed by atoms with Crippen molar-refractivity contribution in [2.75, 3.05) is 0 Å². The SMILES string of the molecule is CC#Cc1ccc(C(C)CCCC)cc1. The molecule has 0 aliphatic heterocycles. The van der Waals surface area contributed by atoms with Gasteiger partial charge in [-0.15, -0.1) is 5.92 Å². The predicted molar refractivity (Wildman–Crippen MR) is 66.9 cm³/mol. The molecule has 0 aromatic heterocycles. The molecule has 0 nitrogen and oxygen atoms in total. The van der Waals surface area contributed by atoms with Crippen molar-refractivity contribution in [1.29, 1.82) is 0 Å². The first-order valence-corrected chi connectivity index (χ1v) is 5.80. The molecule has 80 valence electrons. The van der Waals surface area contributed by atoms with E-state index in [1.165, 1.54) is 24.8 Å². The van der Waals surface area contributed by atoms with Crippen LogP contribution in [0.1, 0.15) is 57.1 Å². The van der Waals surface area contributed by atoms with Crippen LogP contribution in [0.3, 0.4) is 0 Å². The zero-order chi connectivity index (χ0) is 11.1. The second-order valence-corrected chi connectivity index (χ2v) is 4.04. The van der Waals surface area contributed by atoms with E-state index in [9.17, 15) is 0 Å². The van der Waals surface area contributed by atoms with Gasteiger partial charge < -0.3 is 0 Å². The third-order valence-electron chi connectivity index (χ3n) is 2.74. The number of benzene rings is 1. The maximum absolute atomic E-state index is 3.07. The fraction of sp³-hybridized carbons (Fsp3) is 0.467. The van der Waals surface area contributed by atoms with E-state index < -0.39 is 0 Å². The molecule has 0 bridgehead atoms. The summed E-state index contributed by atoms with van der Waals surface area (Å²) in [5.41, 5.74) is 2.55. The smallest absolute Gasteiger partial charge is 0.0245 e. The van der Waals surface area contributed by atoms with Gasteiger partial charge in [0.25, 0.3) is 0 Å². The molecule has 0 heteroatoms. The quantitative estimate of drug-likeness (QED) is 0.634. The van der Waals surface area contributed by atoms with Crippen molar-refractivity contribution < 1.29 is 0 Å². The minimum absolute atomic E-state index is 0.675. The van der Waals surface area contributed by atoms with Gasteiger partial charge in [-0.3, -0.25) is 0 Å². The standard InChI is InChI=1S/C15H20/c1-4-6-8-13(3)15-11-9-14(7-5-2)10-12-15/h9-13H,4,6,8H2,1-3H3. The molecule has 0 spiro atoms. The van der Waals surface area contributed by atoms with Gasteiger partial charge in [0.15, 0.2) is 0 Å². The Morgan fingerprint density at radius 2 is 1.87 bits per heavy atom. The fourth-order valence-corrected chi connectivity index (χ4v) is 1.72. The molecule has 1 atom stereocenters. The lowest BCUT2D eigenvalue weighted by molar-refractivity contribution is 0.624. The lowest BCUT2D eigenvalue weighted by Crippen LogP contribution is -1.93. The predicted octanol–water partition coefficient (Wildman–Crippen LogP) is 4.35. The maximum atomic E-state index is 3.07. The van der Waals surface area contributed by atoms with Crippen LogP contribution in [0.15, 0.2) is 24.3 Å². The Kier molecular flexibility index (Phi) is 4.98. The Balaban J connectivity index is 2.65. The van der Waals surface area contributed by atoms with E-state index >= 15 is 0 Å². The summed E-state index contributed by atoms with van der Waals surface area (Å²) >= 11 is 0. The summed E-state index contributed by atoms with van der Waals surface area (Å²) < 4.78 is 0. The molecule has 0 N–H and O–H groups in total. The minimum Gasteiger partial charge on any atom is -0.101 e. The van der Waals surface area contributed by atoms with Crippen molar-refractivity contribution in [2.45, 2.75) is 46.0 Å². The third-order valence-corrected chi connectivity index (χ3v) is 2.74. The van der Waals surface area contributed by atoms with Crippen molar-refractivity contribution in [2.24, 2.45) is 0 Å². The lowest BCUT2D eigenvalue weighted by Gasteiger charge is -2.10. The van der Waals surface area contributed by atoms with Crippen LogP contribution in [0.4, 0.5) is 0 Å². The van der Waals surface area contributed by atoms with Gasteiger partial charge in [-0.25, -0.2) is 0 Å². The molecule has 1 aromatic rings. The zero-order valence-electron chi connectivity index (χ0n) is 10.0. The largest absolute Gasteiger partial charge is 0.101 e. The summed E-state index contributed by atoms with van der Waals surface area (Å²) in [6.07, 6.45) is 3.89. The monoisotopic (exact) mass is 200 g/mol. The molecule has 0 radical (unpaired) electrons. The summed E-state index contributed by atoms with van der Waals surface area (Å²) in [6, 6.07) is 8.66. The molecule has 0 heterocycles. The Morgan fingerprint density at radius 3 is 2.40 bits per heavy atom. The second-order valence-electron chi connectivity index (χ2n) is 4.04. The summed E-state index contributed by atoms with van der Waals surface area (Å²) in [5, 5.41) is 0. The molecule has 0 amide bonds. The summed E-state index contributed by atoms with van der Waals surface area (Å²) in [7, 11) is 0. The van der Waals surface area contributed by atoms with E-state index in [-0.39, 0.29) is 0 Å². The van der Waals surface area contributed by atoms with Crippen LogP contribution in [0.2, 0.25) is 0 Å². The molecule has 15 heavy (non-hydrogen) atoms. The van der Waals surface area contributed by atoms with E-state index in [0.29, 0.717) is 5.92 Å². The first kappa shape index (κ1) is 11.9. The van der Waals surface area contributed by atoms with Crippen LogP contribution in [0.25, 0.3) is 0 Å². The molecule has 0 saturated carbocycles. The Bertz CT molecular complexity index is 335. The van der Waals surface area contributed by atoms with Crippen LogP contribution in [0, 0.1) is 11.8 Å². The van der Waals surface area contributed by atoms with Crippen molar-refractivity contribution >= 4 is 0 Å². The van der Waals surface area contributed by atoms with Crippen molar-refractivity contribution in [3.63, 3.8) is 0 Å². The van der Waals surface area contributed by atoms with Gasteiger partial charge >= 0.3 is 0 Å². The van der Waals surface area contributed by atoms with E-state index in [1.807, 2.05) is 6.92 Å². The molecule has 0 aliphatic carbocycles. The van der Waals surface area contributed by atoms with Crippen molar-refractivity contribution in [3.8, 4) is 11.8 Å². The average molecular weight is 200 g/mol. The number of unbranched alkanes of at least 4 members (excludes halogenated alkanes) is 1. The highest BCUT2D eigenvalue weighted by Gasteiger charge is 2.03. The molecule has 0 saturated heterocycles. The van der Waals surface area contributed by atoms with Crippen LogP contribution < -0.4 is 0 Å². The maximum Gasteiger partial charge on any atom is 0.0245 e. The molecule has 1 rings (SSSR count). The van der Waals surface area contributed by atoms with Gasteiger partial charge in [0.2, 0.25) is 0 Å². The van der Waals surface area contributed by atoms with Gasteiger partial charge in [-0.2, -0.15) is 0 Å². The normalized spacial score (nSPS) is 11.7. The number of hydrogen-bond donors (Lipinski definition) is 0. The summed E-state index contributed by atoms with van der Waals surface area (Å²) in [4.78, 5) is 0. The Labute approximate surface area is 93.7 Å². The van der Waals surface area contributed by atoms with Crippen LogP contribution in [-0.4, -0.2) is 0 Å². The first-order chi connectivity index (χ1) is 7.27. The van der Waals surface area contributed by atoms with Gasteiger partial charge in [-0.05, 0) is 37.0 Å². The van der Waals surface area contributed by atoms with Crippen molar-refractivity contribution in [3.05, 3.63) is 35.4 Å². The van der Waals surface area contributed by atoms with E-state index in [2.05, 4.69) is 50.0 Å². The average Bonchev–Trinajstić information content (AvgIpc) is 2.27. The molecule has 1 unspecified atom stereocenters. The zero-order valence-corrected chi connectivity index (χ0v) is 10.0. The van der Waals surface area contributed by atoms with Gasteiger partial charge in [0.05, 0.1) is 0 Å². The van der Waals surface area contributed by atoms with Crippen molar-refractivity contribution in [1.82, 2.24) is 0 Å². The fourth-order valence-electron chi connectivity index (χ4n) is 1.72. The van der Waals surface area contributed by atoms with E-state index in [4.69, 9.17) is 0 Å². The third kappa shape index (κ3) is 3.80. The summed E-state index contributed by atoms with van der Waals surface area (Å²) in [5.74, 6) is 6.66. The molecule has 0 fully saturated rings. The van der Waals surface area contributed by atoms with E-state index in [1.54, 1.807) is 0 Å². The Hall–Kier alpha value is -1.22. The molecular formula is C15H20. The van der Waals surface area contributed by atoms with Crippen LogP contribution in [0.5, 0.6) is 0 Å². The highest BCUT2D eigenvalue weighted by molar-refractivity contribution is 5.36. The van der Waals surface area contributed by atoms with E-state index in [0.717, 1.165) is 5.56 Å². The molecule has 0 aliphatic rings. The number of rotatable bonds is 4.